The van der Waals surface area contributed by atoms with Crippen LogP contribution in [0.1, 0.15) is 38.8 Å². The number of carbonyl (C=O) groups excluding carboxylic acids is 4. The molecule has 144 valence electrons. The molecule has 0 bridgehead atoms. The van der Waals surface area contributed by atoms with Gasteiger partial charge in [0, 0.05) is 27.7 Å². The van der Waals surface area contributed by atoms with Crippen LogP contribution in [0.25, 0.3) is 0 Å². The van der Waals surface area contributed by atoms with Gasteiger partial charge in [0.15, 0.2) is 0 Å². The fourth-order valence-corrected chi connectivity index (χ4v) is 1.83. The van der Waals surface area contributed by atoms with Gasteiger partial charge in [-0.05, 0) is 17.5 Å². The summed E-state index contributed by atoms with van der Waals surface area (Å²) < 4.78 is 7.94. The Morgan fingerprint density at radius 3 is 1.00 bits per heavy atom. The average molecular weight is 372 g/mol. The van der Waals surface area contributed by atoms with Gasteiger partial charge in [0.2, 0.25) is 0 Å². The van der Waals surface area contributed by atoms with Gasteiger partial charge in [0.05, 0.1) is 0 Å². The molecular weight excluding hydrogens is 348 g/mol. The minimum atomic E-state index is -0.562. The van der Waals surface area contributed by atoms with E-state index in [0.29, 0.717) is 0 Å². The first-order valence-corrected chi connectivity index (χ1v) is 8.16. The summed E-state index contributed by atoms with van der Waals surface area (Å²) in [6, 6.07) is 21.1. The van der Waals surface area contributed by atoms with Crippen molar-refractivity contribution in [1.29, 1.82) is 0 Å². The molecule has 0 spiro atoms. The molecule has 0 saturated carbocycles. The van der Waals surface area contributed by atoms with E-state index in [2.05, 4.69) is 70.1 Å². The molecule has 0 aromatic heterocycles. The smallest absolute Gasteiger partial charge is 0.310 e. The van der Waals surface area contributed by atoms with E-state index in [0.717, 1.165) is 6.42 Å². The van der Waals surface area contributed by atoms with Crippen molar-refractivity contribution in [1.82, 2.24) is 0 Å². The summed E-state index contributed by atoms with van der Waals surface area (Å²) in [5.74, 6) is -2.25. The van der Waals surface area contributed by atoms with Crippen LogP contribution in [0.2, 0.25) is 0 Å². The number of hydrogen-bond donors (Lipinski definition) is 0. The van der Waals surface area contributed by atoms with Crippen LogP contribution in [-0.4, -0.2) is 23.9 Å². The van der Waals surface area contributed by atoms with Crippen molar-refractivity contribution in [3.05, 3.63) is 71.8 Å². The summed E-state index contributed by atoms with van der Waals surface area (Å²) in [6.45, 7) is 4.73. The predicted molar refractivity (Wildman–Crippen MR) is 101 cm³/mol. The molecule has 27 heavy (non-hydrogen) atoms. The van der Waals surface area contributed by atoms with Crippen LogP contribution in [-0.2, 0) is 35.1 Å². The van der Waals surface area contributed by atoms with E-state index in [1.54, 1.807) is 0 Å². The summed E-state index contributed by atoms with van der Waals surface area (Å²) in [7, 11) is 0. The number of esters is 4. The number of ether oxygens (including phenoxy) is 2. The van der Waals surface area contributed by atoms with E-state index in [1.807, 2.05) is 0 Å². The largest absolute Gasteiger partial charge is 0.394 e. The highest BCUT2D eigenvalue weighted by atomic mass is 16.6. The molecule has 2 rings (SSSR count). The van der Waals surface area contributed by atoms with Gasteiger partial charge in [0.25, 0.3) is 0 Å². The molecule has 0 atom stereocenters. The van der Waals surface area contributed by atoms with Gasteiger partial charge < -0.3 is 9.47 Å². The maximum atomic E-state index is 9.81. The van der Waals surface area contributed by atoms with Crippen molar-refractivity contribution in [2.45, 2.75) is 34.1 Å². The minimum absolute atomic E-state index is 0.562. The molecule has 0 unspecified atom stereocenters. The normalized spacial score (nSPS) is 8.74. The van der Waals surface area contributed by atoms with E-state index >= 15 is 0 Å². The Bertz CT molecular complexity index is 635. The summed E-state index contributed by atoms with van der Waals surface area (Å²) in [5.41, 5.74) is 2.74. The topological polar surface area (TPSA) is 86.7 Å². The maximum absolute atomic E-state index is 9.81. The average Bonchev–Trinajstić information content (AvgIpc) is 2.55. The highest BCUT2D eigenvalue weighted by Gasteiger charge is 1.94. The second-order valence-corrected chi connectivity index (χ2v) is 5.32. The molecule has 6 nitrogen and oxygen atoms in total. The molecule has 0 aliphatic carbocycles. The van der Waals surface area contributed by atoms with Crippen LogP contribution in [0.15, 0.2) is 60.7 Å². The zero-order valence-corrected chi connectivity index (χ0v) is 15.9. The van der Waals surface area contributed by atoms with Crippen LogP contribution in [0.3, 0.4) is 0 Å². The van der Waals surface area contributed by atoms with Crippen molar-refractivity contribution in [3.8, 4) is 0 Å². The molecule has 0 aliphatic heterocycles. The lowest BCUT2D eigenvalue weighted by Gasteiger charge is -2.00. The van der Waals surface area contributed by atoms with Gasteiger partial charge in [-0.1, -0.05) is 60.7 Å². The van der Waals surface area contributed by atoms with E-state index < -0.39 is 23.9 Å². The van der Waals surface area contributed by atoms with Gasteiger partial charge in [-0.2, -0.15) is 0 Å². The Morgan fingerprint density at radius 2 is 0.815 bits per heavy atom. The number of benzene rings is 2. The summed E-state index contributed by atoms with van der Waals surface area (Å²) in [6.07, 6.45) is 1.03. The van der Waals surface area contributed by atoms with Gasteiger partial charge in [-0.15, -0.1) is 0 Å². The molecule has 0 fully saturated rings. The predicted octanol–water partition coefficient (Wildman–Crippen LogP) is 3.47. The Hall–Kier alpha value is -3.28. The van der Waals surface area contributed by atoms with E-state index in [1.165, 1.54) is 38.8 Å². The lowest BCUT2D eigenvalue weighted by Crippen LogP contribution is -2.03. The van der Waals surface area contributed by atoms with Crippen LogP contribution < -0.4 is 0 Å². The molecule has 0 heterocycles. The second-order valence-electron chi connectivity index (χ2n) is 5.32. The van der Waals surface area contributed by atoms with Crippen molar-refractivity contribution in [3.63, 3.8) is 0 Å². The standard InChI is InChI=1S/C13H12.2C4H6O3/c1-3-7-12(8-4-1)11-13-9-5-2-6-10-13;2*1-3(5)7-4(2)6/h1-10H,11H2;2*1-2H3. The zero-order chi connectivity index (χ0) is 20.7. The molecule has 0 radical (unpaired) electrons. The molecular formula is C21H24O6. The number of hydrogen-bond acceptors (Lipinski definition) is 6. The maximum Gasteiger partial charge on any atom is 0.310 e. The third-order valence-electron chi connectivity index (χ3n) is 2.67. The first-order chi connectivity index (χ1) is 12.7. The van der Waals surface area contributed by atoms with Crippen LogP contribution in [0, 0.1) is 0 Å². The van der Waals surface area contributed by atoms with Crippen LogP contribution in [0.5, 0.6) is 0 Å². The Kier molecular flexibility index (Phi) is 12.3. The van der Waals surface area contributed by atoms with Crippen molar-refractivity contribution in [2.24, 2.45) is 0 Å². The van der Waals surface area contributed by atoms with Crippen LogP contribution >= 0.6 is 0 Å². The van der Waals surface area contributed by atoms with Crippen LogP contribution in [0.4, 0.5) is 0 Å². The van der Waals surface area contributed by atoms with Gasteiger partial charge in [-0.3, -0.25) is 19.2 Å². The third-order valence-corrected chi connectivity index (χ3v) is 2.67. The second kappa shape index (κ2) is 13.9. The molecule has 0 aliphatic rings. The Labute approximate surface area is 159 Å². The first-order valence-electron chi connectivity index (χ1n) is 8.16. The van der Waals surface area contributed by atoms with E-state index in [9.17, 15) is 19.2 Å². The fourth-order valence-electron chi connectivity index (χ4n) is 1.83. The molecule has 6 heteroatoms. The summed E-state index contributed by atoms with van der Waals surface area (Å²) in [5, 5.41) is 0. The number of carbonyl (C=O) groups is 4. The quantitative estimate of drug-likeness (QED) is 0.593. The molecule has 2 aromatic carbocycles. The fraction of sp³-hybridized carbons (Fsp3) is 0.238. The van der Waals surface area contributed by atoms with Gasteiger partial charge in [-0.25, -0.2) is 0 Å². The highest BCUT2D eigenvalue weighted by molar-refractivity contribution is 5.82. The summed E-state index contributed by atoms with van der Waals surface area (Å²) in [4.78, 5) is 39.2. The molecule has 0 N–H and O–H groups in total. The monoisotopic (exact) mass is 372 g/mol. The minimum Gasteiger partial charge on any atom is -0.394 e. The van der Waals surface area contributed by atoms with E-state index in [-0.39, 0.29) is 0 Å². The molecule has 0 saturated heterocycles. The molecule has 2 aromatic rings. The SMILES string of the molecule is CC(=O)OC(C)=O.CC(=O)OC(C)=O.c1ccc(Cc2ccccc2)cc1. The lowest BCUT2D eigenvalue weighted by molar-refractivity contribution is -0.158. The number of rotatable bonds is 2. The Balaban J connectivity index is 0.000000416. The first kappa shape index (κ1) is 23.7. The van der Waals surface area contributed by atoms with E-state index in [4.69, 9.17) is 0 Å². The van der Waals surface area contributed by atoms with Crippen molar-refractivity contribution < 1.29 is 28.7 Å². The van der Waals surface area contributed by atoms with Crippen molar-refractivity contribution >= 4 is 23.9 Å². The summed E-state index contributed by atoms with van der Waals surface area (Å²) >= 11 is 0. The zero-order valence-electron chi connectivity index (χ0n) is 15.9. The van der Waals surface area contributed by atoms with Gasteiger partial charge >= 0.3 is 23.9 Å². The molecule has 0 amide bonds. The highest BCUT2D eigenvalue weighted by Crippen LogP contribution is 2.07. The third kappa shape index (κ3) is 16.0. The lowest BCUT2D eigenvalue weighted by atomic mass is 10.1. The van der Waals surface area contributed by atoms with Gasteiger partial charge in [0.1, 0.15) is 0 Å². The van der Waals surface area contributed by atoms with Crippen molar-refractivity contribution in [2.75, 3.05) is 0 Å². The Morgan fingerprint density at radius 1 is 0.556 bits per heavy atom.